The second kappa shape index (κ2) is 13.7. The van der Waals surface area contributed by atoms with Crippen molar-refractivity contribution in [2.75, 3.05) is 5.75 Å². The van der Waals surface area contributed by atoms with E-state index in [0.717, 1.165) is 10.9 Å². The molecule has 0 fully saturated rings. The Labute approximate surface area is 219 Å². The molecule has 0 aliphatic rings. The normalized spacial score (nSPS) is 15.1. The molecule has 1 heterocycles. The number of primary amides is 1. The van der Waals surface area contributed by atoms with E-state index in [0.29, 0.717) is 12.0 Å². The van der Waals surface area contributed by atoms with Crippen LogP contribution < -0.4 is 27.4 Å². The molecule has 4 amide bonds. The van der Waals surface area contributed by atoms with Crippen LogP contribution in [0.1, 0.15) is 32.3 Å². The standard InChI is InChI=1S/C24H34N6O6S/c1-3-12(2)20(24(35)36)30-23(34)17(8-13-10-27-16-7-5-4-6-14(13)16)29-22(33)18(9-19(26)31)28-21(32)15(25)11-37/h4-7,10,12,15,17-18,20,27,37H,3,8-9,11,25H2,1-2H3,(H2,26,31)(H,28,32)(H,29,33)(H,30,34)(H,35,36). The van der Waals surface area contributed by atoms with Crippen molar-refractivity contribution in [2.45, 2.75) is 57.3 Å². The zero-order valence-corrected chi connectivity index (χ0v) is 21.6. The van der Waals surface area contributed by atoms with Crippen molar-refractivity contribution in [2.24, 2.45) is 17.4 Å². The Morgan fingerprint density at radius 2 is 1.65 bits per heavy atom. The minimum absolute atomic E-state index is 0.00181. The molecule has 0 saturated heterocycles. The molecule has 202 valence electrons. The van der Waals surface area contributed by atoms with Gasteiger partial charge in [-0.2, -0.15) is 12.6 Å². The van der Waals surface area contributed by atoms with Crippen molar-refractivity contribution in [1.29, 1.82) is 0 Å². The Bertz CT molecular complexity index is 1140. The van der Waals surface area contributed by atoms with Crippen LogP contribution in [0.25, 0.3) is 10.9 Å². The lowest BCUT2D eigenvalue weighted by Crippen LogP contribution is -2.58. The number of aromatic nitrogens is 1. The number of hydrogen-bond acceptors (Lipinski definition) is 7. The summed E-state index contributed by atoms with van der Waals surface area (Å²) in [5, 5.41) is 17.9. The van der Waals surface area contributed by atoms with Crippen LogP contribution in [0.4, 0.5) is 0 Å². The maximum absolute atomic E-state index is 13.3. The summed E-state index contributed by atoms with van der Waals surface area (Å²) in [5.41, 5.74) is 12.4. The number of carbonyl (C=O) groups excluding carboxylic acids is 4. The zero-order chi connectivity index (χ0) is 27.7. The summed E-state index contributed by atoms with van der Waals surface area (Å²) >= 11 is 3.95. The van der Waals surface area contributed by atoms with Crippen molar-refractivity contribution in [1.82, 2.24) is 20.9 Å². The quantitative estimate of drug-likeness (QED) is 0.148. The number of amides is 4. The fraction of sp³-hybridized carbons (Fsp3) is 0.458. The molecule has 0 spiro atoms. The average Bonchev–Trinajstić information content (AvgIpc) is 3.27. The topological polar surface area (TPSA) is 210 Å². The molecule has 1 aromatic heterocycles. The number of fused-ring (bicyclic) bond motifs is 1. The highest BCUT2D eigenvalue weighted by molar-refractivity contribution is 7.80. The van der Waals surface area contributed by atoms with Crippen LogP contribution >= 0.6 is 12.6 Å². The molecule has 0 aliphatic carbocycles. The van der Waals surface area contributed by atoms with Gasteiger partial charge in [0.05, 0.1) is 12.5 Å². The van der Waals surface area contributed by atoms with Gasteiger partial charge in [-0.1, -0.05) is 38.5 Å². The van der Waals surface area contributed by atoms with Gasteiger partial charge in [0.15, 0.2) is 0 Å². The van der Waals surface area contributed by atoms with Crippen LogP contribution in [0.2, 0.25) is 0 Å². The molecular formula is C24H34N6O6S. The zero-order valence-electron chi connectivity index (χ0n) is 20.7. The first-order chi connectivity index (χ1) is 17.5. The number of thiol groups is 1. The van der Waals surface area contributed by atoms with E-state index in [1.807, 2.05) is 24.3 Å². The number of carbonyl (C=O) groups is 5. The van der Waals surface area contributed by atoms with E-state index in [-0.39, 0.29) is 18.1 Å². The third-order valence-corrected chi connectivity index (χ3v) is 6.47. The molecule has 5 unspecified atom stereocenters. The van der Waals surface area contributed by atoms with Crippen molar-refractivity contribution in [3.05, 3.63) is 36.0 Å². The molecular weight excluding hydrogens is 500 g/mol. The van der Waals surface area contributed by atoms with E-state index < -0.39 is 60.2 Å². The number of carboxylic acids is 1. The number of aromatic amines is 1. The summed E-state index contributed by atoms with van der Waals surface area (Å²) in [4.78, 5) is 65.1. The van der Waals surface area contributed by atoms with E-state index in [9.17, 15) is 29.1 Å². The fourth-order valence-electron chi connectivity index (χ4n) is 3.71. The van der Waals surface area contributed by atoms with E-state index >= 15 is 0 Å². The van der Waals surface area contributed by atoms with Crippen LogP contribution in [-0.4, -0.2) is 69.6 Å². The Morgan fingerprint density at radius 1 is 1.03 bits per heavy atom. The summed E-state index contributed by atoms with van der Waals surface area (Å²) in [5.74, 6) is -4.77. The lowest BCUT2D eigenvalue weighted by Gasteiger charge is -2.26. The molecule has 1 aromatic carbocycles. The third kappa shape index (κ3) is 8.22. The maximum Gasteiger partial charge on any atom is 0.326 e. The van der Waals surface area contributed by atoms with Gasteiger partial charge in [-0.3, -0.25) is 19.2 Å². The second-order valence-corrected chi connectivity index (χ2v) is 9.22. The molecule has 13 heteroatoms. The first-order valence-corrected chi connectivity index (χ1v) is 12.4. The predicted molar refractivity (Wildman–Crippen MR) is 141 cm³/mol. The molecule has 9 N–H and O–H groups in total. The molecule has 5 atom stereocenters. The number of nitrogens with two attached hydrogens (primary N) is 2. The van der Waals surface area contributed by atoms with Crippen molar-refractivity contribution >= 4 is 53.1 Å². The molecule has 12 nitrogen and oxygen atoms in total. The number of aliphatic carboxylic acids is 1. The predicted octanol–water partition coefficient (Wildman–Crippen LogP) is -0.572. The van der Waals surface area contributed by atoms with Crippen LogP contribution in [0.15, 0.2) is 30.5 Å². The summed E-state index contributed by atoms with van der Waals surface area (Å²) in [6.07, 6.45) is 1.65. The number of nitrogens with one attached hydrogen (secondary N) is 4. The van der Waals surface area contributed by atoms with Crippen LogP contribution in [0.5, 0.6) is 0 Å². The van der Waals surface area contributed by atoms with Gasteiger partial charge < -0.3 is 37.5 Å². The smallest absolute Gasteiger partial charge is 0.326 e. The van der Waals surface area contributed by atoms with Gasteiger partial charge in [-0.05, 0) is 17.5 Å². The van der Waals surface area contributed by atoms with E-state index in [2.05, 4.69) is 33.6 Å². The SMILES string of the molecule is CCC(C)C(NC(=O)C(Cc1c[nH]c2ccccc12)NC(=O)C(CC(N)=O)NC(=O)C(N)CS)C(=O)O. The number of hydrogen-bond donors (Lipinski definition) is 8. The number of H-pyrrole nitrogens is 1. The second-order valence-electron chi connectivity index (χ2n) is 8.86. The Morgan fingerprint density at radius 3 is 2.24 bits per heavy atom. The van der Waals surface area contributed by atoms with Gasteiger partial charge in [-0.15, -0.1) is 0 Å². The number of rotatable bonds is 14. The maximum atomic E-state index is 13.3. The minimum Gasteiger partial charge on any atom is -0.480 e. The Kier molecular flexibility index (Phi) is 10.9. The summed E-state index contributed by atoms with van der Waals surface area (Å²) in [6, 6.07) is 2.48. The molecule has 0 saturated carbocycles. The molecule has 2 rings (SSSR count). The Hall–Kier alpha value is -3.58. The van der Waals surface area contributed by atoms with Crippen LogP contribution in [0, 0.1) is 5.92 Å². The van der Waals surface area contributed by atoms with Gasteiger partial charge in [0.2, 0.25) is 23.6 Å². The molecule has 37 heavy (non-hydrogen) atoms. The number of benzene rings is 1. The number of para-hydroxylation sites is 1. The highest BCUT2D eigenvalue weighted by Gasteiger charge is 2.33. The monoisotopic (exact) mass is 534 g/mol. The lowest BCUT2D eigenvalue weighted by molar-refractivity contribution is -0.144. The highest BCUT2D eigenvalue weighted by Crippen LogP contribution is 2.19. The molecule has 0 bridgehead atoms. The van der Waals surface area contributed by atoms with E-state index in [4.69, 9.17) is 11.5 Å². The molecule has 2 aromatic rings. The van der Waals surface area contributed by atoms with Crippen molar-refractivity contribution < 1.29 is 29.1 Å². The minimum atomic E-state index is -1.40. The van der Waals surface area contributed by atoms with Crippen LogP contribution in [-0.2, 0) is 30.4 Å². The van der Waals surface area contributed by atoms with Gasteiger partial charge in [0.1, 0.15) is 18.1 Å². The Balaban J connectivity index is 2.35. The fourth-order valence-corrected chi connectivity index (χ4v) is 3.88. The van der Waals surface area contributed by atoms with Crippen molar-refractivity contribution in [3.63, 3.8) is 0 Å². The average molecular weight is 535 g/mol. The van der Waals surface area contributed by atoms with Gasteiger partial charge in [-0.25, -0.2) is 4.79 Å². The van der Waals surface area contributed by atoms with Crippen LogP contribution in [0.3, 0.4) is 0 Å². The molecule has 0 aliphatic heterocycles. The first kappa shape index (κ1) is 29.6. The third-order valence-electron chi connectivity index (χ3n) is 6.08. The highest BCUT2D eigenvalue weighted by atomic mass is 32.1. The summed E-state index contributed by atoms with van der Waals surface area (Å²) in [6.45, 7) is 3.49. The lowest BCUT2D eigenvalue weighted by atomic mass is 9.98. The largest absolute Gasteiger partial charge is 0.480 e. The van der Waals surface area contributed by atoms with E-state index in [1.165, 1.54) is 0 Å². The van der Waals surface area contributed by atoms with E-state index in [1.54, 1.807) is 20.0 Å². The number of carboxylic acid groups (broad SMARTS) is 1. The summed E-state index contributed by atoms with van der Waals surface area (Å²) < 4.78 is 0. The summed E-state index contributed by atoms with van der Waals surface area (Å²) in [7, 11) is 0. The van der Waals surface area contributed by atoms with Gasteiger partial charge in [0.25, 0.3) is 0 Å². The van der Waals surface area contributed by atoms with Crippen molar-refractivity contribution in [3.8, 4) is 0 Å². The molecule has 0 radical (unpaired) electrons. The first-order valence-electron chi connectivity index (χ1n) is 11.8. The van der Waals surface area contributed by atoms with Gasteiger partial charge >= 0.3 is 5.97 Å². The van der Waals surface area contributed by atoms with Gasteiger partial charge in [0, 0.05) is 29.3 Å².